The molecule has 1 rings (SSSR count). The van der Waals surface area contributed by atoms with E-state index in [4.69, 9.17) is 4.74 Å². The number of rotatable bonds is 7. The average molecular weight is 251 g/mol. The van der Waals surface area contributed by atoms with Crippen molar-refractivity contribution in [2.75, 3.05) is 6.61 Å². The Balaban J connectivity index is 2.68. The first-order valence-electron chi connectivity index (χ1n) is 6.70. The van der Waals surface area contributed by atoms with Gasteiger partial charge in [0.15, 0.2) is 5.82 Å². The zero-order chi connectivity index (χ0) is 13.5. The largest absolute Gasteiger partial charge is 0.370 e. The summed E-state index contributed by atoms with van der Waals surface area (Å²) >= 11 is 0. The molecule has 0 aliphatic carbocycles. The molecule has 0 spiro atoms. The van der Waals surface area contributed by atoms with Gasteiger partial charge < -0.3 is 10.1 Å². The molecule has 0 bridgehead atoms. The van der Waals surface area contributed by atoms with Gasteiger partial charge in [-0.25, -0.2) is 9.97 Å². The maximum Gasteiger partial charge on any atom is 0.157 e. The predicted molar refractivity (Wildman–Crippen MR) is 73.2 cm³/mol. The van der Waals surface area contributed by atoms with Crippen molar-refractivity contribution in [1.29, 1.82) is 0 Å². The van der Waals surface area contributed by atoms with Gasteiger partial charge in [-0.3, -0.25) is 0 Å². The molecule has 1 aromatic rings. The molecule has 0 fully saturated rings. The Morgan fingerprint density at radius 1 is 1.17 bits per heavy atom. The van der Waals surface area contributed by atoms with Crippen LogP contribution >= 0.6 is 0 Å². The van der Waals surface area contributed by atoms with Crippen molar-refractivity contribution in [3.8, 4) is 0 Å². The second-order valence-electron chi connectivity index (χ2n) is 5.11. The summed E-state index contributed by atoms with van der Waals surface area (Å²) in [5.41, 5.74) is 1.10. The molecular formula is C14H25N3O. The van der Waals surface area contributed by atoms with E-state index in [0.29, 0.717) is 18.6 Å². The van der Waals surface area contributed by atoms with Crippen molar-refractivity contribution in [1.82, 2.24) is 15.3 Å². The lowest BCUT2D eigenvalue weighted by Gasteiger charge is -2.19. The van der Waals surface area contributed by atoms with Crippen LogP contribution in [-0.4, -0.2) is 22.6 Å². The normalized spacial score (nSPS) is 13.3. The summed E-state index contributed by atoms with van der Waals surface area (Å²) in [5.74, 6) is 1.16. The third kappa shape index (κ3) is 4.70. The first-order chi connectivity index (χ1) is 8.54. The highest BCUT2D eigenvalue weighted by Crippen LogP contribution is 2.22. The van der Waals surface area contributed by atoms with E-state index in [1.54, 1.807) is 0 Å². The minimum absolute atomic E-state index is 0.0119. The summed E-state index contributed by atoms with van der Waals surface area (Å²) in [5, 5.41) is 3.35. The lowest BCUT2D eigenvalue weighted by atomic mass is 10.1. The zero-order valence-electron chi connectivity index (χ0n) is 12.1. The standard InChI is InChI=1S/C14H25N3O/c1-6-18-13(10(2)3)14-16-8-12(9-17-14)7-15-11(4)5/h8-11,13,15H,6-7H2,1-5H3. The SMILES string of the molecule is CCOC(c1ncc(CNC(C)C)cn1)C(C)C. The van der Waals surface area contributed by atoms with Crippen LogP contribution in [-0.2, 0) is 11.3 Å². The molecule has 0 saturated heterocycles. The van der Waals surface area contributed by atoms with Gasteiger partial charge in [0.2, 0.25) is 0 Å². The first kappa shape index (κ1) is 15.1. The van der Waals surface area contributed by atoms with Crippen molar-refractivity contribution < 1.29 is 4.74 Å². The molecule has 1 unspecified atom stereocenters. The summed E-state index contributed by atoms with van der Waals surface area (Å²) in [6.45, 7) is 12.0. The number of hydrogen-bond acceptors (Lipinski definition) is 4. The van der Waals surface area contributed by atoms with Gasteiger partial charge in [0.25, 0.3) is 0 Å². The highest BCUT2D eigenvalue weighted by molar-refractivity contribution is 5.06. The Morgan fingerprint density at radius 2 is 1.78 bits per heavy atom. The van der Waals surface area contributed by atoms with Crippen molar-refractivity contribution in [2.24, 2.45) is 5.92 Å². The van der Waals surface area contributed by atoms with Crippen molar-refractivity contribution >= 4 is 0 Å². The topological polar surface area (TPSA) is 47.0 Å². The van der Waals surface area contributed by atoms with Gasteiger partial charge in [-0.1, -0.05) is 27.7 Å². The molecule has 0 aliphatic heterocycles. The van der Waals surface area contributed by atoms with Gasteiger partial charge in [0.1, 0.15) is 6.10 Å². The average Bonchev–Trinajstić information content (AvgIpc) is 2.34. The Morgan fingerprint density at radius 3 is 2.22 bits per heavy atom. The van der Waals surface area contributed by atoms with Crippen molar-refractivity contribution in [3.05, 3.63) is 23.8 Å². The minimum Gasteiger partial charge on any atom is -0.370 e. The summed E-state index contributed by atoms with van der Waals surface area (Å²) in [6, 6.07) is 0.469. The lowest BCUT2D eigenvalue weighted by molar-refractivity contribution is 0.0231. The van der Waals surface area contributed by atoms with Gasteiger partial charge >= 0.3 is 0 Å². The van der Waals surface area contributed by atoms with Gasteiger partial charge in [-0.05, 0) is 12.8 Å². The molecule has 18 heavy (non-hydrogen) atoms. The lowest BCUT2D eigenvalue weighted by Crippen LogP contribution is -2.22. The number of hydrogen-bond donors (Lipinski definition) is 1. The predicted octanol–water partition coefficient (Wildman–Crippen LogP) is 2.71. The second kappa shape index (κ2) is 7.44. The molecule has 4 nitrogen and oxygen atoms in total. The van der Waals surface area contributed by atoms with E-state index in [2.05, 4.69) is 43.0 Å². The molecule has 0 amide bonds. The van der Waals surface area contributed by atoms with Crippen molar-refractivity contribution in [3.63, 3.8) is 0 Å². The summed E-state index contributed by atoms with van der Waals surface area (Å²) in [4.78, 5) is 8.84. The quantitative estimate of drug-likeness (QED) is 0.809. The van der Waals surface area contributed by atoms with E-state index in [1.165, 1.54) is 0 Å². The fourth-order valence-corrected chi connectivity index (χ4v) is 1.67. The molecule has 0 radical (unpaired) electrons. The summed E-state index contributed by atoms with van der Waals surface area (Å²) in [7, 11) is 0. The number of nitrogens with one attached hydrogen (secondary N) is 1. The van der Waals surface area contributed by atoms with E-state index >= 15 is 0 Å². The van der Waals surface area contributed by atoms with Gasteiger partial charge in [0, 0.05) is 37.2 Å². The van der Waals surface area contributed by atoms with Gasteiger partial charge in [-0.2, -0.15) is 0 Å². The van der Waals surface area contributed by atoms with Crippen LogP contribution in [0.15, 0.2) is 12.4 Å². The second-order valence-corrected chi connectivity index (χ2v) is 5.11. The van der Waals surface area contributed by atoms with E-state index < -0.39 is 0 Å². The summed E-state index contributed by atoms with van der Waals surface area (Å²) < 4.78 is 5.69. The fraction of sp³-hybridized carbons (Fsp3) is 0.714. The van der Waals surface area contributed by atoms with Gasteiger partial charge in [-0.15, -0.1) is 0 Å². The highest BCUT2D eigenvalue weighted by Gasteiger charge is 2.18. The van der Waals surface area contributed by atoms with Crippen LogP contribution in [0.1, 0.15) is 52.1 Å². The van der Waals surface area contributed by atoms with E-state index in [1.807, 2.05) is 19.3 Å². The molecule has 1 heterocycles. The smallest absolute Gasteiger partial charge is 0.157 e. The number of aromatic nitrogens is 2. The summed E-state index contributed by atoms with van der Waals surface area (Å²) in [6.07, 6.45) is 3.75. The van der Waals surface area contributed by atoms with Crippen LogP contribution in [0.5, 0.6) is 0 Å². The van der Waals surface area contributed by atoms with Gasteiger partial charge in [0.05, 0.1) is 0 Å². The molecule has 0 aromatic carbocycles. The Bertz CT molecular complexity index is 335. The van der Waals surface area contributed by atoms with Crippen LogP contribution in [0.2, 0.25) is 0 Å². The number of ether oxygens (including phenoxy) is 1. The Kier molecular flexibility index (Phi) is 6.22. The maximum absolute atomic E-state index is 5.69. The molecule has 4 heteroatoms. The Labute approximate surface area is 110 Å². The molecule has 102 valence electrons. The van der Waals surface area contributed by atoms with Crippen LogP contribution in [0.3, 0.4) is 0 Å². The minimum atomic E-state index is -0.0119. The number of nitrogens with zero attached hydrogens (tertiary/aromatic N) is 2. The monoisotopic (exact) mass is 251 g/mol. The molecule has 1 atom stereocenters. The molecular weight excluding hydrogens is 226 g/mol. The van der Waals surface area contributed by atoms with E-state index in [9.17, 15) is 0 Å². The molecule has 0 saturated carbocycles. The Hall–Kier alpha value is -1.00. The van der Waals surface area contributed by atoms with Crippen molar-refractivity contribution in [2.45, 2.75) is 53.3 Å². The van der Waals surface area contributed by atoms with E-state index in [0.717, 1.165) is 17.9 Å². The fourth-order valence-electron chi connectivity index (χ4n) is 1.67. The molecule has 1 aromatic heterocycles. The first-order valence-corrected chi connectivity index (χ1v) is 6.70. The van der Waals surface area contributed by atoms with E-state index in [-0.39, 0.29) is 6.10 Å². The zero-order valence-corrected chi connectivity index (χ0v) is 12.1. The third-order valence-electron chi connectivity index (χ3n) is 2.65. The van der Waals surface area contributed by atoms with Crippen LogP contribution in [0.25, 0.3) is 0 Å². The maximum atomic E-state index is 5.69. The molecule has 0 aliphatic rings. The van der Waals surface area contributed by atoms with Crippen LogP contribution in [0.4, 0.5) is 0 Å². The van der Waals surface area contributed by atoms with Crippen LogP contribution in [0, 0.1) is 5.92 Å². The van der Waals surface area contributed by atoms with Crippen LogP contribution < -0.4 is 5.32 Å². The third-order valence-corrected chi connectivity index (χ3v) is 2.65. The highest BCUT2D eigenvalue weighted by atomic mass is 16.5. The molecule has 1 N–H and O–H groups in total.